The number of aromatic nitrogens is 1. The molecule has 3 nitrogen and oxygen atoms in total. The van der Waals surface area contributed by atoms with Gasteiger partial charge in [-0.05, 0) is 24.3 Å². The molecule has 0 bridgehead atoms. The Hall–Kier alpha value is -2.63. The number of furan rings is 1. The van der Waals surface area contributed by atoms with Crippen molar-refractivity contribution in [1.82, 2.24) is 4.98 Å². The molecule has 0 saturated heterocycles. The Morgan fingerprint density at radius 1 is 1.10 bits per heavy atom. The van der Waals surface area contributed by atoms with Crippen LogP contribution in [0.4, 0.5) is 13.2 Å². The first-order valence-corrected chi connectivity index (χ1v) is 6.02. The predicted molar refractivity (Wildman–Crippen MR) is 68.9 cm³/mol. The molecule has 6 heteroatoms. The minimum atomic E-state index is -4.48. The number of carbonyl (C=O) groups is 1. The Bertz CT molecular complexity index is 771. The van der Waals surface area contributed by atoms with Crippen LogP contribution < -0.4 is 0 Å². The van der Waals surface area contributed by atoms with Crippen LogP contribution in [0.25, 0.3) is 11.0 Å². The molecule has 0 aliphatic rings. The summed E-state index contributed by atoms with van der Waals surface area (Å²) < 4.78 is 42.7. The van der Waals surface area contributed by atoms with Crippen molar-refractivity contribution in [3.05, 3.63) is 65.7 Å². The van der Waals surface area contributed by atoms with E-state index in [0.29, 0.717) is 11.8 Å². The Labute approximate surface area is 117 Å². The molecule has 0 amide bonds. The lowest BCUT2D eigenvalue weighted by molar-refractivity contribution is -0.137. The number of alkyl halides is 3. The largest absolute Gasteiger partial charge is 0.453 e. The molecule has 0 N–H and O–H groups in total. The van der Waals surface area contributed by atoms with E-state index in [-0.39, 0.29) is 11.5 Å². The van der Waals surface area contributed by atoms with Crippen molar-refractivity contribution in [2.75, 3.05) is 0 Å². The van der Waals surface area contributed by atoms with Crippen LogP contribution in [0.1, 0.15) is 21.8 Å². The molecule has 0 saturated carbocycles. The highest BCUT2D eigenvalue weighted by Gasteiger charge is 2.31. The van der Waals surface area contributed by atoms with Gasteiger partial charge in [0.05, 0.1) is 5.56 Å². The molecule has 0 atom stereocenters. The molecule has 0 aliphatic carbocycles. The smallest absolute Gasteiger partial charge is 0.417 e. The molecule has 0 fully saturated rings. The number of rotatable bonds is 2. The molecule has 0 radical (unpaired) electrons. The minimum absolute atomic E-state index is 0.0449. The van der Waals surface area contributed by atoms with Gasteiger partial charge in [0, 0.05) is 11.6 Å². The van der Waals surface area contributed by atoms with Crippen LogP contribution in [0.2, 0.25) is 0 Å². The maximum Gasteiger partial charge on any atom is 0.417 e. The number of hydrogen-bond acceptors (Lipinski definition) is 3. The van der Waals surface area contributed by atoms with Gasteiger partial charge in [0.15, 0.2) is 5.76 Å². The number of benzene rings is 1. The highest BCUT2D eigenvalue weighted by Crippen LogP contribution is 2.28. The maximum atomic E-state index is 12.4. The number of halogens is 3. The van der Waals surface area contributed by atoms with E-state index >= 15 is 0 Å². The molecule has 3 rings (SSSR count). The number of para-hydroxylation sites is 1. The zero-order valence-corrected chi connectivity index (χ0v) is 10.5. The summed E-state index contributed by atoms with van der Waals surface area (Å²) in [6.45, 7) is 0. The molecule has 0 unspecified atom stereocenters. The number of ketones is 1. The molecule has 3 aromatic rings. The normalized spacial score (nSPS) is 11.8. The van der Waals surface area contributed by atoms with Crippen molar-refractivity contribution in [2.24, 2.45) is 0 Å². The second-order valence-corrected chi connectivity index (χ2v) is 4.41. The van der Waals surface area contributed by atoms with Gasteiger partial charge in [0.1, 0.15) is 11.3 Å². The third-order valence-corrected chi connectivity index (χ3v) is 2.97. The third-order valence-electron chi connectivity index (χ3n) is 2.97. The Morgan fingerprint density at radius 2 is 1.86 bits per heavy atom. The highest BCUT2D eigenvalue weighted by atomic mass is 19.4. The first-order chi connectivity index (χ1) is 9.95. The summed E-state index contributed by atoms with van der Waals surface area (Å²) in [5.74, 6) is -0.511. The molecule has 21 heavy (non-hydrogen) atoms. The fourth-order valence-corrected chi connectivity index (χ4v) is 1.92. The molecular formula is C15H8F3NO2. The van der Waals surface area contributed by atoms with Gasteiger partial charge >= 0.3 is 6.18 Å². The van der Waals surface area contributed by atoms with Crippen LogP contribution >= 0.6 is 0 Å². The summed E-state index contributed by atoms with van der Waals surface area (Å²) in [7, 11) is 0. The molecule has 1 aromatic carbocycles. The van der Waals surface area contributed by atoms with E-state index in [9.17, 15) is 18.0 Å². The second-order valence-electron chi connectivity index (χ2n) is 4.41. The molecular weight excluding hydrogens is 283 g/mol. The molecule has 2 heterocycles. The van der Waals surface area contributed by atoms with Crippen LogP contribution in [0.3, 0.4) is 0 Å². The zero-order valence-electron chi connectivity index (χ0n) is 10.5. The van der Waals surface area contributed by atoms with E-state index in [1.807, 2.05) is 0 Å². The van der Waals surface area contributed by atoms with Crippen molar-refractivity contribution >= 4 is 16.8 Å². The number of nitrogens with zero attached hydrogens (tertiary/aromatic N) is 1. The maximum absolute atomic E-state index is 12.4. The molecule has 2 aromatic heterocycles. The number of carbonyl (C=O) groups excluding carboxylic acids is 1. The summed E-state index contributed by atoms with van der Waals surface area (Å²) in [5, 5.41) is 0.743. The van der Waals surface area contributed by atoms with E-state index in [0.717, 1.165) is 17.5 Å². The van der Waals surface area contributed by atoms with Crippen LogP contribution in [-0.2, 0) is 6.18 Å². The highest BCUT2D eigenvalue weighted by molar-refractivity contribution is 6.07. The minimum Gasteiger partial charge on any atom is -0.453 e. The van der Waals surface area contributed by atoms with Crippen molar-refractivity contribution in [2.45, 2.75) is 6.18 Å². The van der Waals surface area contributed by atoms with Gasteiger partial charge in [-0.3, -0.25) is 9.78 Å². The van der Waals surface area contributed by atoms with E-state index in [2.05, 4.69) is 4.98 Å². The van der Waals surface area contributed by atoms with Crippen LogP contribution in [0.15, 0.2) is 53.1 Å². The number of fused-ring (bicyclic) bond motifs is 1. The van der Waals surface area contributed by atoms with Gasteiger partial charge in [0.25, 0.3) is 0 Å². The Kier molecular flexibility index (Phi) is 3.01. The third kappa shape index (κ3) is 2.52. The lowest BCUT2D eigenvalue weighted by Crippen LogP contribution is -2.08. The van der Waals surface area contributed by atoms with Gasteiger partial charge in [-0.15, -0.1) is 0 Å². The van der Waals surface area contributed by atoms with E-state index in [1.165, 1.54) is 6.07 Å². The average Bonchev–Trinajstić information content (AvgIpc) is 2.89. The van der Waals surface area contributed by atoms with Crippen molar-refractivity contribution in [3.63, 3.8) is 0 Å². The summed E-state index contributed by atoms with van der Waals surface area (Å²) in [5.41, 5.74) is -0.460. The fraction of sp³-hybridized carbons (Fsp3) is 0.0667. The molecule has 0 aliphatic heterocycles. The Morgan fingerprint density at radius 3 is 2.48 bits per heavy atom. The van der Waals surface area contributed by atoms with Gasteiger partial charge in [-0.2, -0.15) is 13.2 Å². The summed E-state index contributed by atoms with van der Waals surface area (Å²) >= 11 is 0. The van der Waals surface area contributed by atoms with Crippen LogP contribution in [0.5, 0.6) is 0 Å². The number of hydrogen-bond donors (Lipinski definition) is 0. The lowest BCUT2D eigenvalue weighted by Gasteiger charge is -2.05. The predicted octanol–water partition coefficient (Wildman–Crippen LogP) is 4.08. The van der Waals surface area contributed by atoms with Crippen LogP contribution in [0, 0.1) is 0 Å². The summed E-state index contributed by atoms with van der Waals surface area (Å²) in [4.78, 5) is 15.7. The summed E-state index contributed by atoms with van der Waals surface area (Å²) in [6, 6.07) is 10.4. The van der Waals surface area contributed by atoms with E-state index in [4.69, 9.17) is 4.42 Å². The van der Waals surface area contributed by atoms with Crippen LogP contribution in [-0.4, -0.2) is 10.8 Å². The van der Waals surface area contributed by atoms with Gasteiger partial charge < -0.3 is 4.42 Å². The van der Waals surface area contributed by atoms with Crippen molar-refractivity contribution < 1.29 is 22.4 Å². The SMILES string of the molecule is O=C(c1ccc(C(F)(F)F)cn1)c1cc2ccccc2o1. The summed E-state index contributed by atoms with van der Waals surface area (Å²) in [6.07, 6.45) is -3.84. The van der Waals surface area contributed by atoms with E-state index in [1.54, 1.807) is 24.3 Å². The second kappa shape index (κ2) is 4.73. The fourth-order valence-electron chi connectivity index (χ4n) is 1.92. The standard InChI is InChI=1S/C15H8F3NO2/c16-15(17,18)10-5-6-11(19-8-10)14(20)13-7-9-3-1-2-4-12(9)21-13/h1-8H. The van der Waals surface area contributed by atoms with Gasteiger partial charge in [0.2, 0.25) is 5.78 Å². The Balaban J connectivity index is 1.94. The van der Waals surface area contributed by atoms with Gasteiger partial charge in [-0.1, -0.05) is 18.2 Å². The molecule has 106 valence electrons. The van der Waals surface area contributed by atoms with Crippen molar-refractivity contribution in [3.8, 4) is 0 Å². The average molecular weight is 291 g/mol. The zero-order chi connectivity index (χ0) is 15.0. The lowest BCUT2D eigenvalue weighted by atomic mass is 10.1. The quantitative estimate of drug-likeness (QED) is 0.668. The monoisotopic (exact) mass is 291 g/mol. The van der Waals surface area contributed by atoms with E-state index < -0.39 is 17.5 Å². The first kappa shape index (κ1) is 13.4. The molecule has 0 spiro atoms. The first-order valence-electron chi connectivity index (χ1n) is 6.02. The van der Waals surface area contributed by atoms with Gasteiger partial charge in [-0.25, -0.2) is 0 Å². The topological polar surface area (TPSA) is 43.1 Å². The van der Waals surface area contributed by atoms with Crippen molar-refractivity contribution in [1.29, 1.82) is 0 Å². The number of pyridine rings is 1.